The van der Waals surface area contributed by atoms with Crippen molar-refractivity contribution in [1.82, 2.24) is 0 Å². The Kier molecular flexibility index (Phi) is 8.10. The average molecular weight is 424 g/mol. The van der Waals surface area contributed by atoms with Crippen molar-refractivity contribution >= 4 is 17.6 Å². The lowest BCUT2D eigenvalue weighted by Crippen LogP contribution is -2.44. The smallest absolute Gasteiger partial charge is 0.344 e. The maximum Gasteiger partial charge on any atom is 0.344 e. The van der Waals surface area contributed by atoms with Gasteiger partial charge in [-0.25, -0.2) is 4.79 Å². The lowest BCUT2D eigenvalue weighted by atomic mass is 9.93. The number of nitrogens with zero attached hydrogens (tertiary/aromatic N) is 1. The van der Waals surface area contributed by atoms with Gasteiger partial charge in [0.25, 0.3) is 5.91 Å². The Labute approximate surface area is 185 Å². The fourth-order valence-electron chi connectivity index (χ4n) is 4.12. The van der Waals surface area contributed by atoms with E-state index in [0.29, 0.717) is 5.75 Å². The van der Waals surface area contributed by atoms with Crippen molar-refractivity contribution in [3.8, 4) is 5.75 Å². The minimum absolute atomic E-state index is 0.152. The molecule has 1 saturated carbocycles. The second-order valence-electron chi connectivity index (χ2n) is 8.54. The minimum atomic E-state index is -0.541. The molecule has 0 radical (unpaired) electrons. The van der Waals surface area contributed by atoms with E-state index in [0.717, 1.165) is 42.5 Å². The number of carbonyl (C=O) groups excluding carboxylic acids is 2. The molecule has 166 valence electrons. The van der Waals surface area contributed by atoms with Crippen molar-refractivity contribution in [2.24, 2.45) is 0 Å². The molecule has 5 nitrogen and oxygen atoms in total. The minimum Gasteiger partial charge on any atom is -0.482 e. The van der Waals surface area contributed by atoms with Gasteiger partial charge in [-0.2, -0.15) is 0 Å². The van der Waals surface area contributed by atoms with Crippen LogP contribution in [0.25, 0.3) is 0 Å². The van der Waals surface area contributed by atoms with Gasteiger partial charge in [-0.05, 0) is 55.0 Å². The van der Waals surface area contributed by atoms with Crippen LogP contribution in [0.5, 0.6) is 5.75 Å². The largest absolute Gasteiger partial charge is 0.482 e. The number of hydrogen-bond acceptors (Lipinski definition) is 4. The highest BCUT2D eigenvalue weighted by Gasteiger charge is 2.27. The summed E-state index contributed by atoms with van der Waals surface area (Å²) in [5.74, 6) is 0.237. The van der Waals surface area contributed by atoms with E-state index in [1.807, 2.05) is 60.4 Å². The first-order chi connectivity index (χ1) is 15.0. The third-order valence-corrected chi connectivity index (χ3v) is 5.74. The van der Waals surface area contributed by atoms with Gasteiger partial charge in [0.2, 0.25) is 0 Å². The van der Waals surface area contributed by atoms with Crippen LogP contribution in [0.3, 0.4) is 0 Å². The predicted octanol–water partition coefficient (Wildman–Crippen LogP) is 5.41. The molecule has 1 aliphatic rings. The Morgan fingerprint density at radius 3 is 2.39 bits per heavy atom. The van der Waals surface area contributed by atoms with Gasteiger partial charge in [-0.15, -0.1) is 0 Å². The molecule has 0 aliphatic heterocycles. The molecule has 1 fully saturated rings. The molecule has 0 unspecified atom stereocenters. The second-order valence-corrected chi connectivity index (χ2v) is 8.54. The Bertz CT molecular complexity index is 872. The molecule has 0 aromatic heterocycles. The first-order valence-electron chi connectivity index (χ1n) is 11.2. The van der Waals surface area contributed by atoms with Gasteiger partial charge in [-0.1, -0.05) is 63.4 Å². The normalized spacial score (nSPS) is 14.3. The maximum atomic E-state index is 13.0. The highest BCUT2D eigenvalue weighted by Crippen LogP contribution is 2.28. The van der Waals surface area contributed by atoms with Crippen LogP contribution in [0.1, 0.15) is 63.0 Å². The van der Waals surface area contributed by atoms with E-state index in [1.54, 1.807) is 0 Å². The zero-order valence-electron chi connectivity index (χ0n) is 18.8. The van der Waals surface area contributed by atoms with Crippen LogP contribution in [0, 0.1) is 6.92 Å². The Morgan fingerprint density at radius 1 is 1.00 bits per heavy atom. The van der Waals surface area contributed by atoms with Crippen LogP contribution in [0.15, 0.2) is 48.5 Å². The summed E-state index contributed by atoms with van der Waals surface area (Å²) in [5, 5.41) is 0. The van der Waals surface area contributed by atoms with Gasteiger partial charge in [-0.3, -0.25) is 4.79 Å². The highest BCUT2D eigenvalue weighted by molar-refractivity contribution is 5.95. The zero-order chi connectivity index (χ0) is 22.2. The molecule has 1 amide bonds. The van der Waals surface area contributed by atoms with Crippen molar-refractivity contribution in [2.45, 2.75) is 64.8 Å². The third-order valence-electron chi connectivity index (χ3n) is 5.74. The van der Waals surface area contributed by atoms with Crippen LogP contribution in [-0.4, -0.2) is 31.1 Å². The van der Waals surface area contributed by atoms with Crippen LogP contribution < -0.4 is 9.64 Å². The molecule has 1 aliphatic carbocycles. The molecule has 0 spiro atoms. The molecule has 31 heavy (non-hydrogen) atoms. The topological polar surface area (TPSA) is 55.8 Å². The molecule has 3 rings (SSSR count). The number of hydrogen-bond donors (Lipinski definition) is 0. The van der Waals surface area contributed by atoms with Gasteiger partial charge >= 0.3 is 5.97 Å². The molecule has 0 heterocycles. The van der Waals surface area contributed by atoms with Crippen LogP contribution >= 0.6 is 0 Å². The van der Waals surface area contributed by atoms with E-state index in [9.17, 15) is 9.59 Å². The molecule has 2 aromatic carbocycles. The number of para-hydroxylation sites is 1. The average Bonchev–Trinajstić information content (AvgIpc) is 2.78. The van der Waals surface area contributed by atoms with Crippen molar-refractivity contribution in [3.05, 3.63) is 59.7 Å². The summed E-state index contributed by atoms with van der Waals surface area (Å²) in [7, 11) is 0. The van der Waals surface area contributed by atoms with E-state index in [-0.39, 0.29) is 31.1 Å². The van der Waals surface area contributed by atoms with Crippen molar-refractivity contribution in [1.29, 1.82) is 0 Å². The molecule has 2 aromatic rings. The van der Waals surface area contributed by atoms with E-state index < -0.39 is 5.97 Å². The van der Waals surface area contributed by atoms with E-state index >= 15 is 0 Å². The fraction of sp³-hybridized carbons (Fsp3) is 0.462. The van der Waals surface area contributed by atoms with Crippen LogP contribution in [-0.2, 0) is 14.3 Å². The standard InChI is InChI=1S/C26H33NO4/c1-19(2)23-15-14-20(3)16-24(23)30-18-26(29)31-17-25(28)27(21-10-6-4-7-11-21)22-12-8-5-9-13-22/h4,6-7,10-11,14-16,19,22H,5,8-9,12-13,17-18H2,1-3H3. The summed E-state index contributed by atoms with van der Waals surface area (Å²) < 4.78 is 11.0. The number of carbonyl (C=O) groups is 2. The molecule has 0 atom stereocenters. The summed E-state index contributed by atoms with van der Waals surface area (Å²) in [5.41, 5.74) is 2.96. The molecule has 0 bridgehead atoms. The lowest BCUT2D eigenvalue weighted by molar-refractivity contribution is -0.150. The summed E-state index contributed by atoms with van der Waals surface area (Å²) in [4.78, 5) is 27.1. The van der Waals surface area contributed by atoms with E-state index in [1.165, 1.54) is 6.42 Å². The molecule has 0 N–H and O–H groups in total. The summed E-state index contributed by atoms with van der Waals surface area (Å²) >= 11 is 0. The van der Waals surface area contributed by atoms with Crippen molar-refractivity contribution < 1.29 is 19.1 Å². The summed E-state index contributed by atoms with van der Waals surface area (Å²) in [6.45, 7) is 5.65. The number of rotatable bonds is 8. The monoisotopic (exact) mass is 423 g/mol. The summed E-state index contributed by atoms with van der Waals surface area (Å²) in [6, 6.07) is 15.8. The van der Waals surface area contributed by atoms with Gasteiger partial charge in [0.1, 0.15) is 5.75 Å². The molecular weight excluding hydrogens is 390 g/mol. The van der Waals surface area contributed by atoms with E-state index in [2.05, 4.69) is 13.8 Å². The number of anilines is 1. The number of aryl methyl sites for hydroxylation is 1. The number of esters is 1. The van der Waals surface area contributed by atoms with Crippen molar-refractivity contribution in [2.75, 3.05) is 18.1 Å². The quantitative estimate of drug-likeness (QED) is 0.533. The Hall–Kier alpha value is -2.82. The highest BCUT2D eigenvalue weighted by atomic mass is 16.6. The second kappa shape index (κ2) is 11.0. The maximum absolute atomic E-state index is 13.0. The van der Waals surface area contributed by atoms with Gasteiger partial charge in [0.15, 0.2) is 13.2 Å². The lowest BCUT2D eigenvalue weighted by Gasteiger charge is -2.34. The van der Waals surface area contributed by atoms with Gasteiger partial charge < -0.3 is 14.4 Å². The molecule has 5 heteroatoms. The van der Waals surface area contributed by atoms with Gasteiger partial charge in [0.05, 0.1) is 0 Å². The first kappa shape index (κ1) is 22.9. The molecular formula is C26H33NO4. The zero-order valence-corrected chi connectivity index (χ0v) is 18.8. The van der Waals surface area contributed by atoms with Gasteiger partial charge in [0, 0.05) is 11.7 Å². The fourth-order valence-corrected chi connectivity index (χ4v) is 4.12. The van der Waals surface area contributed by atoms with E-state index in [4.69, 9.17) is 9.47 Å². The summed E-state index contributed by atoms with van der Waals surface area (Å²) in [6.07, 6.45) is 5.39. The Balaban J connectivity index is 1.59. The molecule has 0 saturated heterocycles. The van der Waals surface area contributed by atoms with Crippen LogP contribution in [0.4, 0.5) is 5.69 Å². The SMILES string of the molecule is Cc1ccc(C(C)C)c(OCC(=O)OCC(=O)N(c2ccccc2)C2CCCCC2)c1. The number of ether oxygens (including phenoxy) is 2. The van der Waals surface area contributed by atoms with Crippen molar-refractivity contribution in [3.63, 3.8) is 0 Å². The number of benzene rings is 2. The Morgan fingerprint density at radius 2 is 1.71 bits per heavy atom. The first-order valence-corrected chi connectivity index (χ1v) is 11.2. The van der Waals surface area contributed by atoms with Crippen LogP contribution in [0.2, 0.25) is 0 Å². The predicted molar refractivity (Wildman–Crippen MR) is 123 cm³/mol. The third kappa shape index (κ3) is 6.33. The number of amides is 1.